The van der Waals surface area contributed by atoms with E-state index >= 15 is 0 Å². The van der Waals surface area contributed by atoms with Crippen molar-refractivity contribution in [2.75, 3.05) is 0 Å². The van der Waals surface area contributed by atoms with E-state index in [0.29, 0.717) is 0 Å². The van der Waals surface area contributed by atoms with E-state index in [-0.39, 0.29) is 18.9 Å². The summed E-state index contributed by atoms with van der Waals surface area (Å²) < 4.78 is 33.9. The molecule has 0 unspecified atom stereocenters. The molecular weight excluding hydrogens is 151 g/mol. The molecule has 0 bridgehead atoms. The third kappa shape index (κ3) is 12.0. The van der Waals surface area contributed by atoms with Crippen LogP contribution in [-0.2, 0) is 9.01 Å². The molecule has 0 rings (SSSR count). The Balaban J connectivity index is 0. The third-order valence-electron chi connectivity index (χ3n) is 0.217. The molecule has 0 aliphatic heterocycles. The van der Waals surface area contributed by atoms with E-state index in [9.17, 15) is 8.39 Å². The maximum atomic E-state index is 11.0. The van der Waals surface area contributed by atoms with Crippen LogP contribution in [0, 0.1) is 0 Å². The van der Waals surface area contributed by atoms with Crippen LogP contribution in [-0.4, -0.2) is 36.2 Å². The summed E-state index contributed by atoms with van der Waals surface area (Å²) in [5.41, 5.74) is 0. The molecule has 0 atom stereocenters. The Labute approximate surface area is 62.3 Å². The average Bonchev–Trinajstić information content (AvgIpc) is 1.21. The molecule has 0 saturated heterocycles. The fourth-order valence-electron chi connectivity index (χ4n) is 0.110. The molecule has 0 aliphatic carbocycles. The van der Waals surface area contributed by atoms with Gasteiger partial charge in [-0.1, -0.05) is 0 Å². The normalized spacial score (nSPS) is 10.2. The van der Waals surface area contributed by atoms with Gasteiger partial charge in [-0.2, -0.15) is 0 Å². The molecule has 9 heavy (non-hydrogen) atoms. The van der Waals surface area contributed by atoms with E-state index < -0.39 is 15.3 Å². The first kappa shape index (κ1) is 12.3. The van der Waals surface area contributed by atoms with Crippen molar-refractivity contribution in [3.63, 3.8) is 0 Å². The van der Waals surface area contributed by atoms with Crippen molar-refractivity contribution in [2.45, 2.75) is 0 Å². The van der Waals surface area contributed by atoms with Crippen LogP contribution in [0.15, 0.2) is 0 Å². The minimum atomic E-state index is -5.72. The first-order valence-corrected chi connectivity index (χ1v) is 2.86. The number of hydrogen-bond donors (Lipinski definition) is 2. The summed E-state index contributed by atoms with van der Waals surface area (Å²) in [7, 11) is -8.39. The molecular formula is H3BF2LiO4P. The van der Waals surface area contributed by atoms with Crippen molar-refractivity contribution in [1.82, 2.24) is 0 Å². The summed E-state index contributed by atoms with van der Waals surface area (Å²) in [5.74, 6) is 0. The molecule has 0 aromatic rings. The summed E-state index contributed by atoms with van der Waals surface area (Å²) in [6.07, 6.45) is 0. The van der Waals surface area contributed by atoms with Crippen LogP contribution in [0.2, 0.25) is 0 Å². The van der Waals surface area contributed by atoms with E-state index in [0.717, 1.165) is 0 Å². The Morgan fingerprint density at radius 3 is 1.78 bits per heavy atom. The molecule has 0 amide bonds. The van der Waals surface area contributed by atoms with E-state index in [1.165, 1.54) is 0 Å². The average molecular weight is 154 g/mol. The predicted molar refractivity (Wildman–Crippen MR) is 28.2 cm³/mol. The zero-order valence-electron chi connectivity index (χ0n) is 3.49. The SMILES string of the molecule is O=P(F)(F)OB(O)O.[LiH]. The molecule has 50 valence electrons. The van der Waals surface area contributed by atoms with Gasteiger partial charge >= 0.3 is 34.2 Å². The monoisotopic (exact) mass is 154 g/mol. The number of halogens is 2. The van der Waals surface area contributed by atoms with Crippen LogP contribution in [0.4, 0.5) is 8.39 Å². The van der Waals surface area contributed by atoms with Crippen LogP contribution in [0.5, 0.6) is 0 Å². The van der Waals surface area contributed by atoms with E-state index in [1.807, 2.05) is 0 Å². The van der Waals surface area contributed by atoms with Crippen molar-refractivity contribution >= 4 is 34.2 Å². The molecule has 0 aliphatic rings. The second-order valence-electron chi connectivity index (χ2n) is 0.846. The van der Waals surface area contributed by atoms with Crippen molar-refractivity contribution in [3.05, 3.63) is 0 Å². The van der Waals surface area contributed by atoms with Crippen molar-refractivity contribution < 1.29 is 27.4 Å². The van der Waals surface area contributed by atoms with Gasteiger partial charge in [-0.05, 0) is 0 Å². The van der Waals surface area contributed by atoms with Gasteiger partial charge in [0.15, 0.2) is 0 Å². The van der Waals surface area contributed by atoms with Crippen molar-refractivity contribution in [1.29, 1.82) is 0 Å². The quantitative estimate of drug-likeness (QED) is 0.410. The van der Waals surface area contributed by atoms with Gasteiger partial charge in [0.1, 0.15) is 0 Å². The summed E-state index contributed by atoms with van der Waals surface area (Å²) in [4.78, 5) is 0. The third-order valence-corrected chi connectivity index (χ3v) is 0.651. The molecule has 2 N–H and O–H groups in total. The van der Waals surface area contributed by atoms with Gasteiger partial charge in [0, 0.05) is 0 Å². The van der Waals surface area contributed by atoms with Crippen LogP contribution < -0.4 is 0 Å². The Morgan fingerprint density at radius 2 is 1.78 bits per heavy atom. The molecule has 4 nitrogen and oxygen atoms in total. The van der Waals surface area contributed by atoms with Crippen LogP contribution in [0.25, 0.3) is 0 Å². The van der Waals surface area contributed by atoms with Gasteiger partial charge < -0.3 is 10.0 Å². The molecule has 0 saturated carbocycles. The Kier molecular flexibility index (Phi) is 6.09. The zero-order valence-corrected chi connectivity index (χ0v) is 4.39. The summed E-state index contributed by atoms with van der Waals surface area (Å²) in [5, 5.41) is 15.1. The summed E-state index contributed by atoms with van der Waals surface area (Å²) >= 11 is 0. The van der Waals surface area contributed by atoms with Gasteiger partial charge in [0.2, 0.25) is 0 Å². The first-order valence-electron chi connectivity index (χ1n) is 1.46. The molecule has 0 aromatic heterocycles. The Hall–Kier alpha value is 0.632. The summed E-state index contributed by atoms with van der Waals surface area (Å²) in [6.45, 7) is 0. The minimum absolute atomic E-state index is 0. The van der Waals surface area contributed by atoms with Gasteiger partial charge in [-0.25, -0.2) is 4.57 Å². The first-order chi connectivity index (χ1) is 3.42. The summed E-state index contributed by atoms with van der Waals surface area (Å²) in [6, 6.07) is 0. The van der Waals surface area contributed by atoms with Gasteiger partial charge in [0.25, 0.3) is 0 Å². The van der Waals surface area contributed by atoms with E-state index in [2.05, 4.69) is 4.44 Å². The van der Waals surface area contributed by atoms with Crippen LogP contribution in [0.3, 0.4) is 0 Å². The molecule has 0 heterocycles. The van der Waals surface area contributed by atoms with Crippen LogP contribution in [0.1, 0.15) is 0 Å². The Bertz CT molecular complexity index is 111. The molecule has 9 heteroatoms. The fraction of sp³-hybridized carbons (Fsp3) is 0. The maximum absolute atomic E-state index is 11.0. The Morgan fingerprint density at radius 1 is 1.44 bits per heavy atom. The van der Waals surface area contributed by atoms with Crippen molar-refractivity contribution in [2.24, 2.45) is 0 Å². The standard InChI is InChI=1S/BF2H2O4P.Li.H/c2-8(3,6)7-1(4)5;;/h4-5H;;. The topological polar surface area (TPSA) is 66.8 Å². The molecule has 0 spiro atoms. The molecule has 0 radical (unpaired) electrons. The fourth-order valence-corrected chi connectivity index (χ4v) is 0.329. The van der Waals surface area contributed by atoms with Crippen molar-refractivity contribution in [3.8, 4) is 0 Å². The van der Waals surface area contributed by atoms with Gasteiger partial charge in [-0.3, -0.25) is 4.44 Å². The number of hydrogen-bond acceptors (Lipinski definition) is 4. The van der Waals surface area contributed by atoms with Crippen LogP contribution >= 0.6 is 7.99 Å². The zero-order chi connectivity index (χ0) is 6.78. The second-order valence-corrected chi connectivity index (χ2v) is 1.89. The van der Waals surface area contributed by atoms with Gasteiger partial charge in [-0.15, -0.1) is 8.39 Å². The number of rotatable bonds is 2. The van der Waals surface area contributed by atoms with Gasteiger partial charge in [0.05, 0.1) is 0 Å². The molecule has 0 aromatic carbocycles. The van der Waals surface area contributed by atoms with E-state index in [4.69, 9.17) is 14.6 Å². The molecule has 0 fully saturated rings. The van der Waals surface area contributed by atoms with E-state index in [1.54, 1.807) is 0 Å². The second kappa shape index (κ2) is 4.45. The predicted octanol–water partition coefficient (Wildman–Crippen LogP) is -0.629.